The van der Waals surface area contributed by atoms with Crippen molar-refractivity contribution in [2.45, 2.75) is 32.2 Å². The number of nitrogens with one attached hydrogen (secondary N) is 1. The first-order valence-electron chi connectivity index (χ1n) is 14.3. The van der Waals surface area contributed by atoms with Gasteiger partial charge in [0.2, 0.25) is 0 Å². The van der Waals surface area contributed by atoms with Gasteiger partial charge in [0.05, 0.1) is 28.8 Å². The minimum Gasteiger partial charge on any atom is -0.488 e. The smallest absolute Gasteiger partial charge is 0.326 e. The maximum atomic E-state index is 11.7. The number of carboxylic acid groups (broad SMARTS) is 1. The van der Waals surface area contributed by atoms with E-state index in [2.05, 4.69) is 17.5 Å². The summed E-state index contributed by atoms with van der Waals surface area (Å²) in [6.07, 6.45) is 0. The molecule has 5 rings (SSSR count). The largest absolute Gasteiger partial charge is 0.488 e. The molecule has 234 valence electrons. The number of ether oxygens (including phenoxy) is 4. The summed E-state index contributed by atoms with van der Waals surface area (Å²) < 4.78 is 23.6. The molecule has 1 heterocycles. The third kappa shape index (κ3) is 7.17. The van der Waals surface area contributed by atoms with Gasteiger partial charge in [-0.2, -0.15) is 10.5 Å². The van der Waals surface area contributed by atoms with E-state index in [1.165, 1.54) is 6.92 Å². The second kappa shape index (κ2) is 14.2. The summed E-state index contributed by atoms with van der Waals surface area (Å²) in [6, 6.07) is 25.6. The SMILES string of the molecule is C[C@](CO)(NCc1cc(Cl)c(OCc2cccc(-c3ccc4c(c3)OCCO4)c2C#N)cc1OCc1cccc(C#N)c1)C(=O)O. The van der Waals surface area contributed by atoms with Gasteiger partial charge in [-0.3, -0.25) is 10.1 Å². The maximum Gasteiger partial charge on any atom is 0.326 e. The Labute approximate surface area is 270 Å². The zero-order chi connectivity index (χ0) is 32.7. The lowest BCUT2D eigenvalue weighted by Crippen LogP contribution is -2.52. The van der Waals surface area contributed by atoms with Gasteiger partial charge in [0.1, 0.15) is 49.5 Å². The zero-order valence-corrected chi connectivity index (χ0v) is 25.6. The predicted octanol–water partition coefficient (Wildman–Crippen LogP) is 5.60. The van der Waals surface area contributed by atoms with Crippen LogP contribution in [0.4, 0.5) is 0 Å². The van der Waals surface area contributed by atoms with Crippen LogP contribution in [0.3, 0.4) is 0 Å². The number of halogens is 1. The van der Waals surface area contributed by atoms with Crippen LogP contribution < -0.4 is 24.3 Å². The van der Waals surface area contributed by atoms with Gasteiger partial charge in [-0.05, 0) is 53.9 Å². The monoisotopic (exact) mass is 639 g/mol. The van der Waals surface area contributed by atoms with Crippen molar-refractivity contribution in [3.05, 3.63) is 106 Å². The van der Waals surface area contributed by atoms with E-state index in [1.807, 2.05) is 36.4 Å². The molecule has 11 heteroatoms. The van der Waals surface area contributed by atoms with Crippen LogP contribution in [0.5, 0.6) is 23.0 Å². The van der Waals surface area contributed by atoms with Crippen LogP contribution in [0.2, 0.25) is 5.02 Å². The van der Waals surface area contributed by atoms with Crippen molar-refractivity contribution in [3.8, 4) is 46.3 Å². The van der Waals surface area contributed by atoms with E-state index in [9.17, 15) is 25.5 Å². The number of aliphatic hydroxyl groups excluding tert-OH is 1. The van der Waals surface area contributed by atoms with Crippen LogP contribution in [0.15, 0.2) is 72.8 Å². The molecule has 0 radical (unpaired) electrons. The van der Waals surface area contributed by atoms with Crippen LogP contribution in [-0.2, 0) is 24.6 Å². The van der Waals surface area contributed by atoms with Gasteiger partial charge in [-0.25, -0.2) is 0 Å². The average molecular weight is 640 g/mol. The highest BCUT2D eigenvalue weighted by molar-refractivity contribution is 6.32. The molecular weight excluding hydrogens is 610 g/mol. The average Bonchev–Trinajstić information content (AvgIpc) is 3.09. The maximum absolute atomic E-state index is 11.7. The molecule has 1 aliphatic heterocycles. The number of carbonyl (C=O) groups is 1. The fourth-order valence-electron chi connectivity index (χ4n) is 4.80. The number of rotatable bonds is 12. The van der Waals surface area contributed by atoms with E-state index >= 15 is 0 Å². The standard InChI is InChI=1S/C35H30ClN3O7/c1-35(21-40,34(41)42)39-18-26-13-29(36)32(15-31(26)45-19-23-5-2-4-22(12-23)16-37)46-20-25-6-3-7-27(28(25)17-38)24-8-9-30-33(14-24)44-11-10-43-30/h2-9,12-15,39-40H,10-11,18-21H2,1H3,(H,41,42)/t35-/m1/s1. The molecule has 0 aliphatic carbocycles. The Hall–Kier alpha value is -5.26. The number of nitriles is 2. The van der Waals surface area contributed by atoms with Gasteiger partial charge < -0.3 is 29.2 Å². The Kier molecular flexibility index (Phi) is 9.94. The molecule has 0 amide bonds. The molecule has 0 saturated heterocycles. The Morgan fingerprint density at radius 1 is 0.935 bits per heavy atom. The number of hydrogen-bond acceptors (Lipinski definition) is 9. The van der Waals surface area contributed by atoms with Gasteiger partial charge >= 0.3 is 5.97 Å². The van der Waals surface area contributed by atoms with E-state index in [4.69, 9.17) is 30.5 Å². The van der Waals surface area contributed by atoms with E-state index < -0.39 is 18.1 Å². The minimum atomic E-state index is -1.60. The summed E-state index contributed by atoms with van der Waals surface area (Å²) in [6.45, 7) is 1.79. The fourth-order valence-corrected chi connectivity index (χ4v) is 5.04. The Morgan fingerprint density at radius 3 is 2.43 bits per heavy atom. The van der Waals surface area contributed by atoms with Gasteiger partial charge in [-0.1, -0.05) is 48.0 Å². The first kappa shape index (κ1) is 32.1. The van der Waals surface area contributed by atoms with Crippen LogP contribution >= 0.6 is 11.6 Å². The van der Waals surface area contributed by atoms with Gasteiger partial charge in [0.15, 0.2) is 11.5 Å². The molecule has 0 unspecified atom stereocenters. The number of hydrogen-bond donors (Lipinski definition) is 3. The highest BCUT2D eigenvalue weighted by atomic mass is 35.5. The summed E-state index contributed by atoms with van der Waals surface area (Å²) in [5, 5.41) is 41.8. The van der Waals surface area contributed by atoms with Gasteiger partial charge in [-0.15, -0.1) is 0 Å². The zero-order valence-electron chi connectivity index (χ0n) is 24.9. The van der Waals surface area contributed by atoms with Crippen molar-refractivity contribution >= 4 is 17.6 Å². The minimum absolute atomic E-state index is 0.00703. The molecule has 4 aromatic carbocycles. The quantitative estimate of drug-likeness (QED) is 0.178. The molecule has 0 bridgehead atoms. The summed E-state index contributed by atoms with van der Waals surface area (Å²) in [7, 11) is 0. The Morgan fingerprint density at radius 2 is 1.70 bits per heavy atom. The lowest BCUT2D eigenvalue weighted by Gasteiger charge is -2.25. The molecule has 0 spiro atoms. The van der Waals surface area contributed by atoms with Crippen LogP contribution in [-0.4, -0.2) is 41.5 Å². The van der Waals surface area contributed by atoms with Crippen molar-refractivity contribution in [2.24, 2.45) is 0 Å². The Bertz CT molecular complexity index is 1850. The highest BCUT2D eigenvalue weighted by Crippen LogP contribution is 2.37. The second-order valence-electron chi connectivity index (χ2n) is 10.7. The number of aliphatic carboxylic acids is 1. The summed E-state index contributed by atoms with van der Waals surface area (Å²) in [5.41, 5.74) is 2.72. The van der Waals surface area contributed by atoms with Crippen LogP contribution in [0.1, 0.15) is 34.7 Å². The van der Waals surface area contributed by atoms with Gasteiger partial charge in [0, 0.05) is 23.7 Å². The van der Waals surface area contributed by atoms with Crippen molar-refractivity contribution in [1.29, 1.82) is 10.5 Å². The lowest BCUT2D eigenvalue weighted by atomic mass is 9.96. The molecule has 0 saturated carbocycles. The van der Waals surface area contributed by atoms with Crippen molar-refractivity contribution in [1.82, 2.24) is 5.32 Å². The number of fused-ring (bicyclic) bond motifs is 1. The summed E-state index contributed by atoms with van der Waals surface area (Å²) in [5.74, 6) is 0.684. The van der Waals surface area contributed by atoms with E-state index in [-0.39, 0.29) is 30.5 Å². The van der Waals surface area contributed by atoms with E-state index in [0.717, 1.165) is 11.1 Å². The summed E-state index contributed by atoms with van der Waals surface area (Å²) in [4.78, 5) is 11.7. The van der Waals surface area contributed by atoms with Crippen molar-refractivity contribution in [2.75, 3.05) is 19.8 Å². The topological polar surface area (TPSA) is 154 Å². The summed E-state index contributed by atoms with van der Waals surface area (Å²) >= 11 is 6.64. The van der Waals surface area contributed by atoms with Crippen molar-refractivity contribution < 1.29 is 34.0 Å². The number of aliphatic hydroxyl groups is 1. The van der Waals surface area contributed by atoms with Crippen LogP contribution in [0.25, 0.3) is 11.1 Å². The van der Waals surface area contributed by atoms with Crippen molar-refractivity contribution in [3.63, 3.8) is 0 Å². The first-order chi connectivity index (χ1) is 22.2. The number of nitrogens with zero attached hydrogens (tertiary/aromatic N) is 2. The van der Waals surface area contributed by atoms with Gasteiger partial charge in [0.25, 0.3) is 0 Å². The molecule has 1 aliphatic rings. The molecule has 46 heavy (non-hydrogen) atoms. The first-order valence-corrected chi connectivity index (χ1v) is 14.7. The molecular formula is C35H30ClN3O7. The molecule has 0 fully saturated rings. The third-order valence-electron chi connectivity index (χ3n) is 7.52. The van der Waals surface area contributed by atoms with E-state index in [1.54, 1.807) is 36.4 Å². The lowest BCUT2D eigenvalue weighted by molar-refractivity contribution is -0.145. The molecule has 4 aromatic rings. The third-order valence-corrected chi connectivity index (χ3v) is 7.82. The molecule has 1 atom stereocenters. The molecule has 3 N–H and O–H groups in total. The Balaban J connectivity index is 1.41. The second-order valence-corrected chi connectivity index (χ2v) is 11.1. The van der Waals surface area contributed by atoms with Crippen LogP contribution in [0, 0.1) is 22.7 Å². The predicted molar refractivity (Wildman–Crippen MR) is 169 cm³/mol. The fraction of sp³-hybridized carbons (Fsp3) is 0.229. The molecule has 10 nitrogen and oxygen atoms in total. The number of carboxylic acids is 1. The number of benzene rings is 4. The normalized spacial score (nSPS) is 13.2. The highest BCUT2D eigenvalue weighted by Gasteiger charge is 2.32. The van der Waals surface area contributed by atoms with E-state index in [0.29, 0.717) is 58.3 Å². The molecule has 0 aromatic heterocycles.